The van der Waals surface area contributed by atoms with Crippen molar-refractivity contribution >= 4 is 0 Å². The first-order chi connectivity index (χ1) is 6.46. The Labute approximate surface area is 81.2 Å². The molecule has 0 aromatic rings. The van der Waals surface area contributed by atoms with Gasteiger partial charge >= 0.3 is 6.18 Å². The molecule has 2 heterocycles. The first-order valence-corrected chi connectivity index (χ1v) is 5.02. The van der Waals surface area contributed by atoms with E-state index in [1.165, 1.54) is 0 Å². The van der Waals surface area contributed by atoms with Crippen LogP contribution < -0.4 is 5.73 Å². The number of fused-ring (bicyclic) bond motifs is 3. The monoisotopic (exact) mass is 208 g/mol. The van der Waals surface area contributed by atoms with Crippen molar-refractivity contribution in [2.24, 2.45) is 11.7 Å². The van der Waals surface area contributed by atoms with Crippen LogP contribution in [0.1, 0.15) is 19.3 Å². The van der Waals surface area contributed by atoms with E-state index in [9.17, 15) is 13.2 Å². The summed E-state index contributed by atoms with van der Waals surface area (Å²) in [4.78, 5) is 1.55. The van der Waals surface area contributed by atoms with E-state index in [0.29, 0.717) is 6.54 Å². The van der Waals surface area contributed by atoms with E-state index in [1.54, 1.807) is 4.90 Å². The molecule has 5 heteroatoms. The molecule has 3 aliphatic rings. The third-order valence-electron chi connectivity index (χ3n) is 3.39. The second kappa shape index (κ2) is 3.38. The molecule has 0 aromatic heterocycles. The molecule has 2 bridgehead atoms. The maximum Gasteiger partial charge on any atom is 0.401 e. The summed E-state index contributed by atoms with van der Waals surface area (Å²) in [5.74, 6) is 0.280. The highest BCUT2D eigenvalue weighted by Gasteiger charge is 2.42. The molecule has 2 nitrogen and oxygen atoms in total. The smallest absolute Gasteiger partial charge is 0.327 e. The third-order valence-corrected chi connectivity index (χ3v) is 3.39. The quantitative estimate of drug-likeness (QED) is 0.705. The van der Waals surface area contributed by atoms with Crippen molar-refractivity contribution in [1.29, 1.82) is 0 Å². The molecule has 1 aliphatic carbocycles. The van der Waals surface area contributed by atoms with E-state index in [-0.39, 0.29) is 18.0 Å². The summed E-state index contributed by atoms with van der Waals surface area (Å²) in [6, 6.07) is 0.190. The van der Waals surface area contributed by atoms with Gasteiger partial charge in [-0.3, -0.25) is 4.90 Å². The van der Waals surface area contributed by atoms with Gasteiger partial charge in [-0.25, -0.2) is 0 Å². The van der Waals surface area contributed by atoms with Gasteiger partial charge in [0.15, 0.2) is 0 Å². The average Bonchev–Trinajstić information content (AvgIpc) is 2.04. The van der Waals surface area contributed by atoms with Crippen LogP contribution in [0.25, 0.3) is 0 Å². The van der Waals surface area contributed by atoms with Crippen LogP contribution >= 0.6 is 0 Å². The molecule has 82 valence electrons. The Balaban J connectivity index is 1.97. The fraction of sp³-hybridized carbons (Fsp3) is 1.00. The predicted molar refractivity (Wildman–Crippen MR) is 46.7 cm³/mol. The van der Waals surface area contributed by atoms with Crippen molar-refractivity contribution in [3.8, 4) is 0 Å². The Morgan fingerprint density at radius 1 is 1.29 bits per heavy atom. The third kappa shape index (κ3) is 2.03. The predicted octanol–water partition coefficient (Wildman–Crippen LogP) is 1.36. The largest absolute Gasteiger partial charge is 0.401 e. The van der Waals surface area contributed by atoms with Crippen molar-refractivity contribution in [1.82, 2.24) is 4.90 Å². The summed E-state index contributed by atoms with van der Waals surface area (Å²) in [6.07, 6.45) is -1.45. The zero-order valence-electron chi connectivity index (χ0n) is 7.93. The highest BCUT2D eigenvalue weighted by atomic mass is 19.4. The molecule has 0 aromatic carbocycles. The Morgan fingerprint density at radius 2 is 2.00 bits per heavy atom. The highest BCUT2D eigenvalue weighted by molar-refractivity contribution is 4.95. The van der Waals surface area contributed by atoms with Crippen molar-refractivity contribution in [3.05, 3.63) is 0 Å². The van der Waals surface area contributed by atoms with Crippen molar-refractivity contribution in [2.75, 3.05) is 13.1 Å². The van der Waals surface area contributed by atoms with Crippen molar-refractivity contribution < 1.29 is 13.2 Å². The minimum atomic E-state index is -4.07. The number of halogens is 3. The molecule has 3 rings (SSSR count). The lowest BCUT2D eigenvalue weighted by atomic mass is 9.76. The SMILES string of the molecule is NC1CC2CCC1CN2CC(F)(F)F. The number of nitrogens with zero attached hydrogens (tertiary/aromatic N) is 1. The van der Waals surface area contributed by atoms with Gasteiger partial charge in [-0.05, 0) is 25.2 Å². The van der Waals surface area contributed by atoms with E-state index in [4.69, 9.17) is 5.73 Å². The van der Waals surface area contributed by atoms with Crippen LogP contribution in [0.3, 0.4) is 0 Å². The number of hydrogen-bond donors (Lipinski definition) is 1. The Hall–Kier alpha value is -0.290. The fourth-order valence-electron chi connectivity index (χ4n) is 2.68. The van der Waals surface area contributed by atoms with Crippen molar-refractivity contribution in [2.45, 2.75) is 37.5 Å². The highest BCUT2D eigenvalue weighted by Crippen LogP contribution is 2.35. The minimum absolute atomic E-state index is 0.0663. The summed E-state index contributed by atoms with van der Waals surface area (Å²) >= 11 is 0. The van der Waals surface area contributed by atoms with Gasteiger partial charge in [0.05, 0.1) is 6.54 Å². The summed E-state index contributed by atoms with van der Waals surface area (Å²) < 4.78 is 36.6. The number of nitrogens with two attached hydrogens (primary N) is 1. The van der Waals surface area contributed by atoms with Gasteiger partial charge in [0.25, 0.3) is 0 Å². The van der Waals surface area contributed by atoms with Crippen LogP contribution in [0.15, 0.2) is 0 Å². The second-order valence-corrected chi connectivity index (χ2v) is 4.44. The molecule has 2 N–H and O–H groups in total. The van der Waals surface area contributed by atoms with Gasteiger partial charge in [-0.2, -0.15) is 13.2 Å². The summed E-state index contributed by atoms with van der Waals surface area (Å²) in [5, 5.41) is 0. The number of hydrogen-bond acceptors (Lipinski definition) is 2. The number of piperidine rings is 2. The molecule has 0 amide bonds. The molecule has 2 aliphatic heterocycles. The summed E-state index contributed by atoms with van der Waals surface area (Å²) in [7, 11) is 0. The molecular weight excluding hydrogens is 193 g/mol. The number of alkyl halides is 3. The normalized spacial score (nSPS) is 39.0. The van der Waals surface area contributed by atoms with Gasteiger partial charge in [0, 0.05) is 18.6 Å². The molecule has 3 atom stereocenters. The molecule has 3 unspecified atom stereocenters. The van der Waals surface area contributed by atoms with Gasteiger partial charge < -0.3 is 5.73 Å². The second-order valence-electron chi connectivity index (χ2n) is 4.44. The first-order valence-electron chi connectivity index (χ1n) is 5.02. The summed E-state index contributed by atoms with van der Waals surface area (Å²) in [6.45, 7) is -0.230. The lowest BCUT2D eigenvalue weighted by molar-refractivity contribution is -0.161. The maximum absolute atomic E-state index is 12.2. The van der Waals surface area contributed by atoms with Gasteiger partial charge in [-0.15, -0.1) is 0 Å². The average molecular weight is 208 g/mol. The van der Waals surface area contributed by atoms with Crippen LogP contribution in [-0.2, 0) is 0 Å². The molecule has 3 fully saturated rings. The van der Waals surface area contributed by atoms with E-state index >= 15 is 0 Å². The van der Waals surface area contributed by atoms with Crippen LogP contribution in [0.4, 0.5) is 13.2 Å². The molecule has 1 saturated carbocycles. The molecule has 14 heavy (non-hydrogen) atoms. The first kappa shape index (κ1) is 10.2. The Bertz CT molecular complexity index is 217. The topological polar surface area (TPSA) is 29.3 Å². The van der Waals surface area contributed by atoms with Crippen molar-refractivity contribution in [3.63, 3.8) is 0 Å². The lowest BCUT2D eigenvalue weighted by Gasteiger charge is -2.48. The number of rotatable bonds is 1. The summed E-state index contributed by atoms with van der Waals surface area (Å²) in [5.41, 5.74) is 5.84. The van der Waals surface area contributed by atoms with Gasteiger partial charge in [-0.1, -0.05) is 0 Å². The Kier molecular flexibility index (Phi) is 2.47. The van der Waals surface area contributed by atoms with E-state index in [0.717, 1.165) is 19.3 Å². The molecular formula is C9H15F3N2. The molecule has 0 spiro atoms. The Morgan fingerprint density at radius 3 is 2.43 bits per heavy atom. The van der Waals surface area contributed by atoms with Crippen LogP contribution in [-0.4, -0.2) is 36.2 Å². The van der Waals surface area contributed by atoms with Crippen LogP contribution in [0, 0.1) is 5.92 Å². The minimum Gasteiger partial charge on any atom is -0.327 e. The van der Waals surface area contributed by atoms with Crippen LogP contribution in [0.5, 0.6) is 0 Å². The maximum atomic E-state index is 12.2. The lowest BCUT2D eigenvalue weighted by Crippen LogP contribution is -2.58. The fourth-order valence-corrected chi connectivity index (χ4v) is 2.68. The zero-order valence-corrected chi connectivity index (χ0v) is 7.93. The van der Waals surface area contributed by atoms with E-state index in [2.05, 4.69) is 0 Å². The molecule has 0 radical (unpaired) electrons. The van der Waals surface area contributed by atoms with E-state index < -0.39 is 12.7 Å². The van der Waals surface area contributed by atoms with Gasteiger partial charge in [0.2, 0.25) is 0 Å². The van der Waals surface area contributed by atoms with Gasteiger partial charge in [0.1, 0.15) is 0 Å². The zero-order chi connectivity index (χ0) is 10.3. The standard InChI is InChI=1S/C9H15F3N2/c10-9(11,12)5-14-4-6-1-2-7(14)3-8(6)13/h6-8H,1-5,13H2. The van der Waals surface area contributed by atoms with Crippen LogP contribution in [0.2, 0.25) is 0 Å². The molecule has 2 saturated heterocycles. The van der Waals surface area contributed by atoms with E-state index in [1.807, 2.05) is 0 Å².